The van der Waals surface area contributed by atoms with Crippen LogP contribution in [0.4, 0.5) is 0 Å². The second-order valence-corrected chi connectivity index (χ2v) is 15.6. The number of aliphatic hydroxyl groups excluding tert-OH is 3. The maximum absolute atomic E-state index is 13.0. The predicted molar refractivity (Wildman–Crippen MR) is 216 cm³/mol. The van der Waals surface area contributed by atoms with Crippen LogP contribution in [-0.4, -0.2) is 86.3 Å². The van der Waals surface area contributed by atoms with E-state index < -0.39 is 24.6 Å². The molecular weight excluding hydrogens is 670 g/mol. The number of carbonyl (C=O) groups excluding carboxylic acids is 1. The molecule has 1 heterocycles. The fourth-order valence-electron chi connectivity index (χ4n) is 10.2. The third-order valence-electron chi connectivity index (χ3n) is 12.9. The summed E-state index contributed by atoms with van der Waals surface area (Å²) in [5.74, 6) is 2.49. The van der Waals surface area contributed by atoms with Gasteiger partial charge in [-0.3, -0.25) is 0 Å². The number of hydrogen-bond acceptors (Lipinski definition) is 9. The van der Waals surface area contributed by atoms with Crippen molar-refractivity contribution in [1.29, 1.82) is 0 Å². The molecule has 0 spiro atoms. The molecule has 2 aliphatic carbocycles. The minimum Gasteiger partial charge on any atom is -0.496 e. The summed E-state index contributed by atoms with van der Waals surface area (Å²) < 4.78 is 23.6. The molecule has 53 heavy (non-hydrogen) atoms. The fraction of sp³-hybridized carbons (Fsp3) is 0.795. The quantitative estimate of drug-likeness (QED) is 0.0536. The smallest absolute Gasteiger partial charge is 0.161 e. The minimum absolute atomic E-state index is 0.0618. The van der Waals surface area contributed by atoms with Crippen molar-refractivity contribution in [3.8, 4) is 0 Å². The molecule has 3 rings (SSSR count). The van der Waals surface area contributed by atoms with Crippen molar-refractivity contribution in [1.82, 2.24) is 0 Å². The van der Waals surface area contributed by atoms with Crippen LogP contribution in [0.3, 0.4) is 0 Å². The molecule has 2 saturated carbocycles. The van der Waals surface area contributed by atoms with Gasteiger partial charge in [-0.05, 0) is 105 Å². The predicted octanol–water partition coefficient (Wildman–Crippen LogP) is 7.93. The number of nitrogens with two attached hydrogens (primary N) is 1. The summed E-state index contributed by atoms with van der Waals surface area (Å²) >= 11 is 0. The molecule has 9 nitrogen and oxygen atoms in total. The number of ether oxygens (including phenoxy) is 4. The lowest BCUT2D eigenvalue weighted by Gasteiger charge is -2.58. The molecule has 0 radical (unpaired) electrons. The van der Waals surface area contributed by atoms with E-state index in [1.807, 2.05) is 19.9 Å². The molecule has 9 heteroatoms. The number of aliphatic hydroxyl groups is 3. The van der Waals surface area contributed by atoms with Crippen LogP contribution in [0.5, 0.6) is 0 Å². The Bertz CT molecular complexity index is 1170. The summed E-state index contributed by atoms with van der Waals surface area (Å²) in [7, 11) is 4.88. The van der Waals surface area contributed by atoms with E-state index in [0.717, 1.165) is 56.3 Å². The molecular formula is C44H79NO8. The van der Waals surface area contributed by atoms with Crippen molar-refractivity contribution in [2.45, 2.75) is 150 Å². The van der Waals surface area contributed by atoms with Gasteiger partial charge in [0.25, 0.3) is 0 Å². The number of carbonyl (C=O) groups is 1. The van der Waals surface area contributed by atoms with E-state index >= 15 is 0 Å². The van der Waals surface area contributed by atoms with Crippen molar-refractivity contribution >= 4 is 5.78 Å². The van der Waals surface area contributed by atoms with E-state index in [4.69, 9.17) is 25.5 Å². The molecule has 0 aromatic heterocycles. The van der Waals surface area contributed by atoms with Gasteiger partial charge in [0, 0.05) is 20.0 Å². The van der Waals surface area contributed by atoms with Gasteiger partial charge in [0.05, 0.1) is 32.5 Å². The van der Waals surface area contributed by atoms with E-state index in [1.165, 1.54) is 12.6 Å². The normalized spacial score (nSPS) is 35.0. The molecule has 0 aromatic rings. The first kappa shape index (κ1) is 49.2. The lowest BCUT2D eigenvalue weighted by atomic mass is 9.46. The van der Waals surface area contributed by atoms with E-state index in [9.17, 15) is 20.1 Å². The van der Waals surface area contributed by atoms with Gasteiger partial charge in [-0.25, -0.2) is 0 Å². The third-order valence-corrected chi connectivity index (χ3v) is 12.9. The van der Waals surface area contributed by atoms with Gasteiger partial charge < -0.3 is 44.8 Å². The summed E-state index contributed by atoms with van der Waals surface area (Å²) in [6.45, 7) is 26.2. The summed E-state index contributed by atoms with van der Waals surface area (Å²) in [6.07, 6.45) is 10.5. The average Bonchev–Trinajstić information content (AvgIpc) is 3.29. The summed E-state index contributed by atoms with van der Waals surface area (Å²) in [4.78, 5) is 13.0. The summed E-state index contributed by atoms with van der Waals surface area (Å²) in [6, 6.07) is 0. The molecule has 12 atom stereocenters. The molecule has 0 amide bonds. The van der Waals surface area contributed by atoms with Crippen LogP contribution < -0.4 is 5.73 Å². The van der Waals surface area contributed by atoms with Crippen LogP contribution in [-0.2, 0) is 23.7 Å². The topological polar surface area (TPSA) is 141 Å². The van der Waals surface area contributed by atoms with Crippen molar-refractivity contribution in [2.75, 3.05) is 34.5 Å². The van der Waals surface area contributed by atoms with Crippen LogP contribution in [0.1, 0.15) is 120 Å². The van der Waals surface area contributed by atoms with Gasteiger partial charge in [0.2, 0.25) is 0 Å². The molecule has 5 N–H and O–H groups in total. The number of rotatable bonds is 16. The zero-order valence-corrected chi connectivity index (χ0v) is 35.4. The van der Waals surface area contributed by atoms with E-state index in [1.54, 1.807) is 27.2 Å². The number of hydrogen-bond donors (Lipinski definition) is 4. The van der Waals surface area contributed by atoms with Gasteiger partial charge >= 0.3 is 0 Å². The van der Waals surface area contributed by atoms with Crippen LogP contribution in [0, 0.1) is 40.4 Å². The van der Waals surface area contributed by atoms with Crippen molar-refractivity contribution < 1.29 is 39.1 Å². The molecule has 1 aliphatic heterocycles. The van der Waals surface area contributed by atoms with Gasteiger partial charge in [0.1, 0.15) is 23.8 Å². The van der Waals surface area contributed by atoms with Crippen LogP contribution in [0.25, 0.3) is 0 Å². The SMILES string of the molecule is C=C/C=C(OC)\C(=C/COC)C(C)C(CC(C)=O)C1(C)CCC(C2(C)CCCC(OC3CC(O)C(O)C(CO)O3)CC2=C)C(CC)C1CC.CC.CN. The Labute approximate surface area is 323 Å². The Morgan fingerprint density at radius 3 is 2.30 bits per heavy atom. The second kappa shape index (κ2) is 23.9. The lowest BCUT2D eigenvalue weighted by molar-refractivity contribution is -0.269. The van der Waals surface area contributed by atoms with E-state index in [-0.39, 0.29) is 47.6 Å². The Kier molecular flexibility index (Phi) is 22.2. The van der Waals surface area contributed by atoms with Crippen molar-refractivity contribution in [3.05, 3.63) is 48.3 Å². The highest BCUT2D eigenvalue weighted by atomic mass is 16.7. The number of Topliss-reactive ketones (excluding diaryl/α,β-unsaturated/α-hetero) is 1. The monoisotopic (exact) mass is 750 g/mol. The van der Waals surface area contributed by atoms with Gasteiger partial charge in [0.15, 0.2) is 6.29 Å². The van der Waals surface area contributed by atoms with Gasteiger partial charge in [-0.2, -0.15) is 0 Å². The Morgan fingerprint density at radius 2 is 1.77 bits per heavy atom. The van der Waals surface area contributed by atoms with Gasteiger partial charge in [-0.1, -0.05) is 92.2 Å². The molecule has 3 fully saturated rings. The first-order valence-corrected chi connectivity index (χ1v) is 20.3. The van der Waals surface area contributed by atoms with Crippen LogP contribution in [0.2, 0.25) is 0 Å². The molecule has 0 aromatic carbocycles. The Balaban J connectivity index is 0.00000339. The maximum atomic E-state index is 13.0. The summed E-state index contributed by atoms with van der Waals surface area (Å²) in [5, 5.41) is 30.2. The second-order valence-electron chi connectivity index (χ2n) is 15.6. The first-order chi connectivity index (χ1) is 25.3. The summed E-state index contributed by atoms with van der Waals surface area (Å²) in [5.41, 5.74) is 6.64. The number of methoxy groups -OCH3 is 2. The van der Waals surface area contributed by atoms with Crippen molar-refractivity contribution in [3.63, 3.8) is 0 Å². The highest BCUT2D eigenvalue weighted by Crippen LogP contribution is 2.62. The largest absolute Gasteiger partial charge is 0.496 e. The molecule has 308 valence electrons. The lowest BCUT2D eigenvalue weighted by Crippen LogP contribution is -2.51. The molecule has 3 aliphatic rings. The molecule has 0 bridgehead atoms. The van der Waals surface area contributed by atoms with Crippen molar-refractivity contribution in [2.24, 2.45) is 46.2 Å². The Morgan fingerprint density at radius 1 is 1.11 bits per heavy atom. The van der Waals surface area contributed by atoms with Crippen LogP contribution >= 0.6 is 0 Å². The highest BCUT2D eigenvalue weighted by Gasteiger charge is 2.55. The minimum atomic E-state index is -1.12. The average molecular weight is 750 g/mol. The fourth-order valence-corrected chi connectivity index (χ4v) is 10.2. The van der Waals surface area contributed by atoms with E-state index in [0.29, 0.717) is 37.2 Å². The first-order valence-electron chi connectivity index (χ1n) is 20.3. The molecule has 1 saturated heterocycles. The zero-order chi connectivity index (χ0) is 40.5. The van der Waals surface area contributed by atoms with E-state index in [2.05, 4.69) is 53.0 Å². The van der Waals surface area contributed by atoms with Gasteiger partial charge in [-0.15, -0.1) is 0 Å². The third kappa shape index (κ3) is 12.1. The molecule has 12 unspecified atom stereocenters. The zero-order valence-electron chi connectivity index (χ0n) is 35.4. The number of allylic oxidation sites excluding steroid dienone is 3. The standard InChI is InChI=1S/C41H68O8.C2H6.CH5N/c1-11-15-36(47-10)31(18-21-46-9)28(6)34(23-27(5)43)41(8)20-17-33(30(12-2)32(41)13-3)40(7)19-14-16-29(22-26(40)4)48-38-24-35(44)39(45)37(25-42)49-38;2*1-2/h11,15,18,28-30,32-35,37-39,42,44-45H,1,4,12-14,16-17,19-25H2,2-3,5-10H3;1-2H3;2H2,1H3/b31-18-,36-15+;;. The number of ketones is 1. The highest BCUT2D eigenvalue weighted by molar-refractivity contribution is 5.76. The maximum Gasteiger partial charge on any atom is 0.161 e. The Hall–Kier alpha value is -1.85. The van der Waals surface area contributed by atoms with Crippen LogP contribution in [0.15, 0.2) is 48.3 Å².